The molecule has 2 aromatic carbocycles. The molecule has 2 heterocycles. The molecular weight excluding hydrogens is 288 g/mol. The molecular formula is C19H20N2O2. The van der Waals surface area contributed by atoms with Gasteiger partial charge in [-0.05, 0) is 11.6 Å². The molecule has 4 rings (SSSR count). The smallest absolute Gasteiger partial charge is 0.162 e. The van der Waals surface area contributed by atoms with Gasteiger partial charge in [-0.2, -0.15) is 0 Å². The molecule has 0 bridgehead atoms. The van der Waals surface area contributed by atoms with Gasteiger partial charge in [-0.3, -0.25) is 0 Å². The summed E-state index contributed by atoms with van der Waals surface area (Å²) in [5.74, 6) is 1.55. The van der Waals surface area contributed by atoms with Crippen molar-refractivity contribution in [3.05, 3.63) is 48.2 Å². The van der Waals surface area contributed by atoms with E-state index in [1.54, 1.807) is 14.2 Å². The highest BCUT2D eigenvalue weighted by molar-refractivity contribution is 6.00. The van der Waals surface area contributed by atoms with Crippen molar-refractivity contribution in [2.45, 2.75) is 13.1 Å². The Hall–Kier alpha value is -2.46. The number of nitrogens with one attached hydrogen (secondary N) is 1. The molecule has 0 atom stereocenters. The molecule has 0 aliphatic carbocycles. The maximum absolute atomic E-state index is 5.52. The molecule has 1 aliphatic rings. The Morgan fingerprint density at radius 3 is 2.48 bits per heavy atom. The van der Waals surface area contributed by atoms with Crippen LogP contribution in [-0.2, 0) is 13.1 Å². The Labute approximate surface area is 135 Å². The third-order valence-corrected chi connectivity index (χ3v) is 4.54. The second-order valence-electron chi connectivity index (χ2n) is 5.74. The van der Waals surface area contributed by atoms with Gasteiger partial charge in [0.15, 0.2) is 11.5 Å². The summed E-state index contributed by atoms with van der Waals surface area (Å²) in [5, 5.41) is 4.70. The highest BCUT2D eigenvalue weighted by atomic mass is 16.5. The van der Waals surface area contributed by atoms with Crippen LogP contribution < -0.4 is 14.8 Å². The maximum atomic E-state index is 5.52. The molecule has 0 fully saturated rings. The van der Waals surface area contributed by atoms with Crippen molar-refractivity contribution in [1.29, 1.82) is 0 Å². The van der Waals surface area contributed by atoms with Crippen LogP contribution in [0, 0.1) is 0 Å². The van der Waals surface area contributed by atoms with Gasteiger partial charge in [0, 0.05) is 42.3 Å². The van der Waals surface area contributed by atoms with E-state index in [4.69, 9.17) is 9.47 Å². The lowest BCUT2D eigenvalue weighted by atomic mass is 10.0. The Morgan fingerprint density at radius 1 is 1.00 bits per heavy atom. The summed E-state index contributed by atoms with van der Waals surface area (Å²) in [6.07, 6.45) is 0. The Balaban J connectivity index is 2.08. The quantitative estimate of drug-likeness (QED) is 0.805. The van der Waals surface area contributed by atoms with Gasteiger partial charge in [-0.1, -0.05) is 30.3 Å². The highest BCUT2D eigenvalue weighted by Crippen LogP contribution is 2.41. The minimum absolute atomic E-state index is 0.771. The third-order valence-electron chi connectivity index (χ3n) is 4.54. The summed E-state index contributed by atoms with van der Waals surface area (Å²) in [4.78, 5) is 0. The number of methoxy groups -OCH3 is 2. The van der Waals surface area contributed by atoms with Gasteiger partial charge in [0.1, 0.15) is 0 Å². The summed E-state index contributed by atoms with van der Waals surface area (Å²) >= 11 is 0. The van der Waals surface area contributed by atoms with Crippen molar-refractivity contribution in [2.24, 2.45) is 0 Å². The first-order valence-electron chi connectivity index (χ1n) is 7.86. The molecule has 4 heteroatoms. The molecule has 1 aliphatic heterocycles. The van der Waals surface area contributed by atoms with Crippen LogP contribution >= 0.6 is 0 Å². The van der Waals surface area contributed by atoms with Gasteiger partial charge in [0.05, 0.1) is 19.7 Å². The number of fused-ring (bicyclic) bond motifs is 3. The predicted octanol–water partition coefficient (Wildman–Crippen LogP) is 3.43. The fourth-order valence-electron chi connectivity index (χ4n) is 3.49. The number of hydrogen-bond acceptors (Lipinski definition) is 3. The first kappa shape index (κ1) is 14.2. The minimum atomic E-state index is 0.771. The summed E-state index contributed by atoms with van der Waals surface area (Å²) in [7, 11) is 3.37. The molecule has 0 saturated heterocycles. The fraction of sp³-hybridized carbons (Fsp3) is 0.263. The average Bonchev–Trinajstić information content (AvgIpc) is 2.94. The fourth-order valence-corrected chi connectivity index (χ4v) is 3.49. The Kier molecular flexibility index (Phi) is 3.46. The zero-order chi connectivity index (χ0) is 15.8. The molecule has 0 spiro atoms. The first-order valence-corrected chi connectivity index (χ1v) is 7.86. The molecule has 0 saturated carbocycles. The number of hydrogen-bond donors (Lipinski definition) is 1. The van der Waals surface area contributed by atoms with Crippen LogP contribution in [0.25, 0.3) is 22.0 Å². The predicted molar refractivity (Wildman–Crippen MR) is 92.2 cm³/mol. The number of benzene rings is 2. The van der Waals surface area contributed by atoms with Gasteiger partial charge in [0.25, 0.3) is 0 Å². The van der Waals surface area contributed by atoms with Crippen molar-refractivity contribution in [1.82, 2.24) is 9.88 Å². The lowest BCUT2D eigenvalue weighted by molar-refractivity contribution is 0.355. The van der Waals surface area contributed by atoms with E-state index in [-0.39, 0.29) is 0 Å². The van der Waals surface area contributed by atoms with Crippen LogP contribution in [-0.4, -0.2) is 25.3 Å². The second kappa shape index (κ2) is 5.63. The summed E-state index contributed by atoms with van der Waals surface area (Å²) < 4.78 is 13.4. The molecule has 1 aromatic heterocycles. The molecule has 0 unspecified atom stereocenters. The number of ether oxygens (including phenoxy) is 2. The third kappa shape index (κ3) is 2.18. The molecule has 3 aromatic rings. The average molecular weight is 308 g/mol. The SMILES string of the molecule is COc1cc2c(-c3ccccc3)c3n(c2cc1OC)CCNC3. The second-order valence-corrected chi connectivity index (χ2v) is 5.74. The zero-order valence-corrected chi connectivity index (χ0v) is 13.4. The Morgan fingerprint density at radius 2 is 1.74 bits per heavy atom. The van der Waals surface area contributed by atoms with E-state index in [0.717, 1.165) is 31.1 Å². The largest absolute Gasteiger partial charge is 0.493 e. The molecule has 0 radical (unpaired) electrons. The molecule has 118 valence electrons. The van der Waals surface area contributed by atoms with Crippen LogP contribution in [0.5, 0.6) is 11.5 Å². The summed E-state index contributed by atoms with van der Waals surface area (Å²) in [6.45, 7) is 2.83. The zero-order valence-electron chi connectivity index (χ0n) is 13.4. The van der Waals surface area contributed by atoms with E-state index >= 15 is 0 Å². The first-order chi connectivity index (χ1) is 11.3. The lowest BCUT2D eigenvalue weighted by Gasteiger charge is -2.19. The van der Waals surface area contributed by atoms with Gasteiger partial charge in [-0.25, -0.2) is 0 Å². The molecule has 4 nitrogen and oxygen atoms in total. The number of rotatable bonds is 3. The Bertz CT molecular complexity index is 853. The highest BCUT2D eigenvalue weighted by Gasteiger charge is 2.22. The molecule has 0 amide bonds. The van der Waals surface area contributed by atoms with Gasteiger partial charge < -0.3 is 19.4 Å². The van der Waals surface area contributed by atoms with Crippen molar-refractivity contribution in [3.8, 4) is 22.6 Å². The van der Waals surface area contributed by atoms with Crippen LogP contribution in [0.3, 0.4) is 0 Å². The maximum Gasteiger partial charge on any atom is 0.162 e. The van der Waals surface area contributed by atoms with E-state index in [1.807, 2.05) is 0 Å². The minimum Gasteiger partial charge on any atom is -0.493 e. The number of nitrogens with zero attached hydrogens (tertiary/aromatic N) is 1. The summed E-state index contributed by atoms with van der Waals surface area (Å²) in [5.41, 5.74) is 5.06. The van der Waals surface area contributed by atoms with Crippen LogP contribution in [0.4, 0.5) is 0 Å². The van der Waals surface area contributed by atoms with Gasteiger partial charge in [-0.15, -0.1) is 0 Å². The van der Waals surface area contributed by atoms with Gasteiger partial charge in [0.2, 0.25) is 0 Å². The van der Waals surface area contributed by atoms with Crippen molar-refractivity contribution >= 4 is 10.9 Å². The van der Waals surface area contributed by atoms with Crippen LogP contribution in [0.1, 0.15) is 5.69 Å². The summed E-state index contributed by atoms with van der Waals surface area (Å²) in [6, 6.07) is 14.7. The molecule has 23 heavy (non-hydrogen) atoms. The lowest BCUT2D eigenvalue weighted by Crippen LogP contribution is -2.27. The monoisotopic (exact) mass is 308 g/mol. The normalized spacial score (nSPS) is 13.8. The van der Waals surface area contributed by atoms with Crippen molar-refractivity contribution in [2.75, 3.05) is 20.8 Å². The van der Waals surface area contributed by atoms with E-state index < -0.39 is 0 Å². The molecule has 1 N–H and O–H groups in total. The number of aromatic nitrogens is 1. The van der Waals surface area contributed by atoms with Crippen LogP contribution in [0.2, 0.25) is 0 Å². The van der Waals surface area contributed by atoms with Gasteiger partial charge >= 0.3 is 0 Å². The van der Waals surface area contributed by atoms with E-state index in [0.29, 0.717) is 0 Å². The topological polar surface area (TPSA) is 35.4 Å². The van der Waals surface area contributed by atoms with E-state index in [1.165, 1.54) is 27.7 Å². The van der Waals surface area contributed by atoms with E-state index in [9.17, 15) is 0 Å². The van der Waals surface area contributed by atoms with E-state index in [2.05, 4.69) is 52.3 Å². The standard InChI is InChI=1S/C19H20N2O2/c1-22-17-10-14-15(11-18(17)23-2)21-9-8-20-12-16(21)19(14)13-6-4-3-5-7-13/h3-7,10-11,20H,8-9,12H2,1-2H3. The van der Waals surface area contributed by atoms with Crippen molar-refractivity contribution < 1.29 is 9.47 Å². The van der Waals surface area contributed by atoms with Crippen molar-refractivity contribution in [3.63, 3.8) is 0 Å². The van der Waals surface area contributed by atoms with Crippen LogP contribution in [0.15, 0.2) is 42.5 Å².